The average Bonchev–Trinajstić information content (AvgIpc) is 2.79. The van der Waals surface area contributed by atoms with E-state index in [4.69, 9.17) is 16.3 Å². The number of aromatic amines is 1. The summed E-state index contributed by atoms with van der Waals surface area (Å²) in [6.07, 6.45) is 1.58. The van der Waals surface area contributed by atoms with E-state index < -0.39 is 0 Å². The van der Waals surface area contributed by atoms with E-state index in [1.807, 2.05) is 30.3 Å². The van der Waals surface area contributed by atoms with Crippen LogP contribution in [0, 0.1) is 0 Å². The normalized spacial score (nSPS) is 10.7. The molecule has 0 amide bonds. The largest absolute Gasteiger partial charge is 0.486 e. The molecule has 0 aliphatic rings. The Bertz CT molecular complexity index is 666. The highest BCUT2D eigenvalue weighted by Crippen LogP contribution is 2.16. The Balaban J connectivity index is 1.79. The van der Waals surface area contributed by atoms with Crippen molar-refractivity contribution in [2.24, 2.45) is 0 Å². The van der Waals surface area contributed by atoms with Crippen molar-refractivity contribution in [2.75, 3.05) is 0 Å². The van der Waals surface area contributed by atoms with Gasteiger partial charge in [-0.1, -0.05) is 29.8 Å². The summed E-state index contributed by atoms with van der Waals surface area (Å²) in [6.45, 7) is 0.373. The fraction of sp³-hybridized carbons (Fsp3) is 0.0769. The molecule has 0 bridgehead atoms. The van der Waals surface area contributed by atoms with Crippen LogP contribution in [0.15, 0.2) is 42.6 Å². The van der Waals surface area contributed by atoms with E-state index in [9.17, 15) is 0 Å². The summed E-state index contributed by atoms with van der Waals surface area (Å²) in [4.78, 5) is 11.6. The van der Waals surface area contributed by atoms with Crippen LogP contribution in [0.1, 0.15) is 5.82 Å². The zero-order valence-corrected chi connectivity index (χ0v) is 10.2. The van der Waals surface area contributed by atoms with Crippen molar-refractivity contribution >= 4 is 22.8 Å². The number of nitrogens with one attached hydrogen (secondary N) is 1. The summed E-state index contributed by atoms with van der Waals surface area (Å²) in [6, 6.07) is 11.4. The second-order valence-corrected chi connectivity index (χ2v) is 4.25. The van der Waals surface area contributed by atoms with Gasteiger partial charge in [-0.3, -0.25) is 0 Å². The molecule has 0 fully saturated rings. The van der Waals surface area contributed by atoms with Crippen LogP contribution in [-0.4, -0.2) is 15.0 Å². The molecular weight excluding hydrogens is 250 g/mol. The summed E-state index contributed by atoms with van der Waals surface area (Å²) < 4.78 is 5.60. The molecule has 0 atom stereocenters. The molecule has 0 radical (unpaired) electrons. The highest BCUT2D eigenvalue weighted by Gasteiger charge is 2.05. The summed E-state index contributed by atoms with van der Waals surface area (Å²) in [5.74, 6) is 1.53. The van der Waals surface area contributed by atoms with Crippen molar-refractivity contribution in [3.63, 3.8) is 0 Å². The first kappa shape index (κ1) is 11.0. The van der Waals surface area contributed by atoms with E-state index in [0.29, 0.717) is 17.3 Å². The van der Waals surface area contributed by atoms with Crippen molar-refractivity contribution in [3.8, 4) is 5.75 Å². The minimum Gasteiger partial charge on any atom is -0.486 e. The maximum absolute atomic E-state index is 5.86. The summed E-state index contributed by atoms with van der Waals surface area (Å²) in [5, 5.41) is 0.585. The van der Waals surface area contributed by atoms with Crippen molar-refractivity contribution in [1.29, 1.82) is 0 Å². The fourth-order valence-corrected chi connectivity index (χ4v) is 1.82. The lowest BCUT2D eigenvalue weighted by Crippen LogP contribution is -1.96. The van der Waals surface area contributed by atoms with Gasteiger partial charge < -0.3 is 9.72 Å². The molecule has 0 aliphatic carbocycles. The highest BCUT2D eigenvalue weighted by atomic mass is 35.5. The molecule has 0 saturated carbocycles. The topological polar surface area (TPSA) is 50.8 Å². The first-order chi connectivity index (χ1) is 8.81. The number of hydrogen-bond acceptors (Lipinski definition) is 3. The molecule has 0 saturated heterocycles. The van der Waals surface area contributed by atoms with Crippen LogP contribution in [0.25, 0.3) is 11.2 Å². The first-order valence-electron chi connectivity index (χ1n) is 5.49. The van der Waals surface area contributed by atoms with Gasteiger partial charge in [0.2, 0.25) is 0 Å². The third-order valence-corrected chi connectivity index (χ3v) is 2.68. The van der Waals surface area contributed by atoms with Crippen molar-refractivity contribution in [2.45, 2.75) is 6.61 Å². The predicted molar refractivity (Wildman–Crippen MR) is 69.7 cm³/mol. The highest BCUT2D eigenvalue weighted by molar-refractivity contribution is 6.30. The number of halogens is 1. The number of benzene rings is 1. The molecule has 2 aromatic heterocycles. The molecule has 90 valence electrons. The van der Waals surface area contributed by atoms with Gasteiger partial charge in [0.25, 0.3) is 0 Å². The SMILES string of the molecule is Clc1cnc2nc(COc3ccccc3)[nH]c2c1. The van der Waals surface area contributed by atoms with Gasteiger partial charge >= 0.3 is 0 Å². The van der Waals surface area contributed by atoms with Crippen LogP contribution in [0.2, 0.25) is 5.02 Å². The van der Waals surface area contributed by atoms with Crippen molar-refractivity contribution in [1.82, 2.24) is 15.0 Å². The van der Waals surface area contributed by atoms with E-state index >= 15 is 0 Å². The first-order valence-corrected chi connectivity index (χ1v) is 5.87. The minimum atomic E-state index is 0.373. The molecule has 5 heteroatoms. The van der Waals surface area contributed by atoms with Crippen LogP contribution < -0.4 is 4.74 Å². The van der Waals surface area contributed by atoms with Gasteiger partial charge in [-0.05, 0) is 18.2 Å². The number of fused-ring (bicyclic) bond motifs is 1. The number of rotatable bonds is 3. The Hall–Kier alpha value is -2.07. The Morgan fingerprint density at radius 3 is 2.89 bits per heavy atom. The second-order valence-electron chi connectivity index (χ2n) is 3.81. The quantitative estimate of drug-likeness (QED) is 0.786. The lowest BCUT2D eigenvalue weighted by molar-refractivity contribution is 0.297. The molecule has 18 heavy (non-hydrogen) atoms. The molecule has 0 unspecified atom stereocenters. The molecule has 0 aliphatic heterocycles. The number of para-hydroxylation sites is 1. The van der Waals surface area contributed by atoms with Gasteiger partial charge in [-0.2, -0.15) is 0 Å². The molecule has 3 rings (SSSR count). The minimum absolute atomic E-state index is 0.373. The number of imidazole rings is 1. The maximum atomic E-state index is 5.86. The Labute approximate surface area is 109 Å². The van der Waals surface area contributed by atoms with Crippen LogP contribution in [0.3, 0.4) is 0 Å². The molecule has 1 aromatic carbocycles. The summed E-state index contributed by atoms with van der Waals surface area (Å²) in [5.41, 5.74) is 1.46. The van der Waals surface area contributed by atoms with Crippen LogP contribution in [0.5, 0.6) is 5.75 Å². The molecule has 0 spiro atoms. The zero-order valence-electron chi connectivity index (χ0n) is 9.43. The predicted octanol–water partition coefficient (Wildman–Crippen LogP) is 3.19. The molecule has 4 nitrogen and oxygen atoms in total. The average molecular weight is 260 g/mol. The number of nitrogens with zero attached hydrogens (tertiary/aromatic N) is 2. The van der Waals surface area contributed by atoms with Crippen molar-refractivity contribution < 1.29 is 4.74 Å². The maximum Gasteiger partial charge on any atom is 0.177 e. The Morgan fingerprint density at radius 2 is 2.06 bits per heavy atom. The van der Waals surface area contributed by atoms with E-state index in [-0.39, 0.29) is 0 Å². The molecule has 2 heterocycles. The van der Waals surface area contributed by atoms with Gasteiger partial charge in [-0.25, -0.2) is 9.97 Å². The lowest BCUT2D eigenvalue weighted by Gasteiger charge is -2.02. The van der Waals surface area contributed by atoms with Gasteiger partial charge in [-0.15, -0.1) is 0 Å². The van der Waals surface area contributed by atoms with E-state index in [0.717, 1.165) is 17.1 Å². The number of aromatic nitrogens is 3. The van der Waals surface area contributed by atoms with Gasteiger partial charge in [0.1, 0.15) is 18.2 Å². The van der Waals surface area contributed by atoms with Gasteiger partial charge in [0.15, 0.2) is 5.65 Å². The number of ether oxygens (including phenoxy) is 1. The number of pyridine rings is 1. The van der Waals surface area contributed by atoms with Crippen LogP contribution >= 0.6 is 11.6 Å². The molecular formula is C13H10ClN3O. The van der Waals surface area contributed by atoms with E-state index in [1.54, 1.807) is 12.3 Å². The fourth-order valence-electron chi connectivity index (χ4n) is 1.66. The summed E-state index contributed by atoms with van der Waals surface area (Å²) >= 11 is 5.86. The van der Waals surface area contributed by atoms with E-state index in [2.05, 4.69) is 15.0 Å². The monoisotopic (exact) mass is 259 g/mol. The van der Waals surface area contributed by atoms with E-state index in [1.165, 1.54) is 0 Å². The Morgan fingerprint density at radius 1 is 1.22 bits per heavy atom. The van der Waals surface area contributed by atoms with Crippen LogP contribution in [-0.2, 0) is 6.61 Å². The number of H-pyrrole nitrogens is 1. The molecule has 3 aromatic rings. The summed E-state index contributed by atoms with van der Waals surface area (Å²) in [7, 11) is 0. The second kappa shape index (κ2) is 4.66. The zero-order chi connectivity index (χ0) is 12.4. The Kier molecular flexibility index (Phi) is 2.86. The van der Waals surface area contributed by atoms with Crippen molar-refractivity contribution in [3.05, 3.63) is 53.4 Å². The standard InChI is InChI=1S/C13H10ClN3O/c14-9-6-11-13(15-7-9)17-12(16-11)8-18-10-4-2-1-3-5-10/h1-7H,8H2,(H,15,16,17). The van der Waals surface area contributed by atoms with Gasteiger partial charge in [0.05, 0.1) is 10.5 Å². The number of hydrogen-bond donors (Lipinski definition) is 1. The smallest absolute Gasteiger partial charge is 0.177 e. The third kappa shape index (κ3) is 2.28. The van der Waals surface area contributed by atoms with Gasteiger partial charge in [0, 0.05) is 6.20 Å². The third-order valence-electron chi connectivity index (χ3n) is 2.47. The van der Waals surface area contributed by atoms with Crippen LogP contribution in [0.4, 0.5) is 0 Å². The molecule has 1 N–H and O–H groups in total. The lowest BCUT2D eigenvalue weighted by atomic mass is 10.3.